The molecule has 0 aliphatic rings. The molecule has 0 saturated carbocycles. The molecule has 1 heterocycles. The van der Waals surface area contributed by atoms with Crippen LogP contribution in [-0.2, 0) is 9.59 Å². The van der Waals surface area contributed by atoms with E-state index < -0.39 is 11.9 Å². The summed E-state index contributed by atoms with van der Waals surface area (Å²) >= 11 is 0. The van der Waals surface area contributed by atoms with E-state index in [1.807, 2.05) is 24.0 Å². The van der Waals surface area contributed by atoms with E-state index in [0.29, 0.717) is 25.3 Å². The highest BCUT2D eigenvalue weighted by Crippen LogP contribution is 2.17. The van der Waals surface area contributed by atoms with Crippen molar-refractivity contribution < 1.29 is 19.8 Å². The van der Waals surface area contributed by atoms with Gasteiger partial charge in [0.2, 0.25) is 0 Å². The molecular formula is C13H18N2O4. The quantitative estimate of drug-likeness (QED) is 0.741. The highest BCUT2D eigenvalue weighted by molar-refractivity contribution is 5.68. The third-order valence-corrected chi connectivity index (χ3v) is 2.70. The number of aromatic nitrogens is 1. The number of nitrogens with zero attached hydrogens (tertiary/aromatic N) is 2. The fourth-order valence-corrected chi connectivity index (χ4v) is 1.78. The molecule has 0 aromatic carbocycles. The van der Waals surface area contributed by atoms with Crippen LogP contribution in [0.4, 0.5) is 5.82 Å². The molecule has 0 saturated heterocycles. The van der Waals surface area contributed by atoms with Crippen LogP contribution in [0.1, 0.15) is 24.8 Å². The number of carboxylic acids is 2. The second-order valence-electron chi connectivity index (χ2n) is 4.27. The first kappa shape index (κ1) is 14.9. The molecule has 104 valence electrons. The van der Waals surface area contributed by atoms with E-state index in [9.17, 15) is 9.59 Å². The van der Waals surface area contributed by atoms with Crippen molar-refractivity contribution in [2.45, 2.75) is 26.2 Å². The largest absolute Gasteiger partial charge is 0.481 e. The van der Waals surface area contributed by atoms with Crippen molar-refractivity contribution in [3.63, 3.8) is 0 Å². The monoisotopic (exact) mass is 266 g/mol. The average Bonchev–Trinajstić information content (AvgIpc) is 2.34. The van der Waals surface area contributed by atoms with Crippen molar-refractivity contribution in [2.24, 2.45) is 0 Å². The van der Waals surface area contributed by atoms with Gasteiger partial charge in [-0.25, -0.2) is 4.98 Å². The normalized spacial score (nSPS) is 10.2. The maximum Gasteiger partial charge on any atom is 0.305 e. The average molecular weight is 266 g/mol. The summed E-state index contributed by atoms with van der Waals surface area (Å²) in [5, 5.41) is 17.4. The molecule has 19 heavy (non-hydrogen) atoms. The third kappa shape index (κ3) is 5.37. The molecule has 0 spiro atoms. The van der Waals surface area contributed by atoms with Crippen LogP contribution >= 0.6 is 0 Å². The van der Waals surface area contributed by atoms with Crippen LogP contribution in [0.15, 0.2) is 18.3 Å². The van der Waals surface area contributed by atoms with Crippen molar-refractivity contribution in [1.29, 1.82) is 0 Å². The minimum Gasteiger partial charge on any atom is -0.481 e. The van der Waals surface area contributed by atoms with Crippen LogP contribution in [0.25, 0.3) is 0 Å². The van der Waals surface area contributed by atoms with E-state index in [0.717, 1.165) is 5.56 Å². The summed E-state index contributed by atoms with van der Waals surface area (Å²) in [7, 11) is 0. The number of carboxylic acid groups (broad SMARTS) is 2. The van der Waals surface area contributed by atoms with Crippen molar-refractivity contribution in [2.75, 3.05) is 18.0 Å². The summed E-state index contributed by atoms with van der Waals surface area (Å²) in [6, 6.07) is 3.71. The Balaban J connectivity index is 2.71. The summed E-state index contributed by atoms with van der Waals surface area (Å²) < 4.78 is 0. The summed E-state index contributed by atoms with van der Waals surface area (Å²) in [5.41, 5.74) is 0.947. The van der Waals surface area contributed by atoms with Gasteiger partial charge in [-0.1, -0.05) is 6.07 Å². The Hall–Kier alpha value is -2.11. The third-order valence-electron chi connectivity index (χ3n) is 2.70. The number of rotatable bonds is 8. The SMILES string of the molecule is Cc1cccnc1N(CCCC(=O)O)CCC(=O)O. The molecule has 0 bridgehead atoms. The Morgan fingerprint density at radius 2 is 1.89 bits per heavy atom. The zero-order chi connectivity index (χ0) is 14.3. The molecule has 0 fully saturated rings. The lowest BCUT2D eigenvalue weighted by Gasteiger charge is -2.24. The molecule has 0 aliphatic carbocycles. The molecule has 6 nitrogen and oxygen atoms in total. The van der Waals surface area contributed by atoms with Crippen LogP contribution < -0.4 is 4.90 Å². The van der Waals surface area contributed by atoms with Gasteiger partial charge in [-0.15, -0.1) is 0 Å². The van der Waals surface area contributed by atoms with E-state index in [4.69, 9.17) is 10.2 Å². The van der Waals surface area contributed by atoms with Crippen LogP contribution in [0, 0.1) is 6.92 Å². The van der Waals surface area contributed by atoms with Gasteiger partial charge in [0.05, 0.1) is 6.42 Å². The molecule has 1 aromatic rings. The molecule has 0 unspecified atom stereocenters. The highest BCUT2D eigenvalue weighted by atomic mass is 16.4. The number of hydrogen-bond acceptors (Lipinski definition) is 4. The Morgan fingerprint density at radius 3 is 2.47 bits per heavy atom. The van der Waals surface area contributed by atoms with Crippen molar-refractivity contribution in [1.82, 2.24) is 4.98 Å². The Bertz CT molecular complexity index is 448. The van der Waals surface area contributed by atoms with Crippen molar-refractivity contribution in [3.8, 4) is 0 Å². The highest BCUT2D eigenvalue weighted by Gasteiger charge is 2.12. The number of anilines is 1. The van der Waals surface area contributed by atoms with Gasteiger partial charge in [0.25, 0.3) is 0 Å². The van der Waals surface area contributed by atoms with Crippen LogP contribution in [-0.4, -0.2) is 40.2 Å². The van der Waals surface area contributed by atoms with Gasteiger partial charge in [-0.05, 0) is 25.0 Å². The zero-order valence-electron chi connectivity index (χ0n) is 10.9. The second kappa shape index (κ2) is 7.35. The Labute approximate surface area is 111 Å². The van der Waals surface area contributed by atoms with Crippen molar-refractivity contribution in [3.05, 3.63) is 23.9 Å². The Kier molecular flexibility index (Phi) is 5.78. The predicted octanol–water partition coefficient (Wildman–Crippen LogP) is 1.54. The molecule has 0 amide bonds. The minimum atomic E-state index is -0.878. The fraction of sp³-hybridized carbons (Fsp3) is 0.462. The molecule has 0 aliphatic heterocycles. The minimum absolute atomic E-state index is 0.00306. The second-order valence-corrected chi connectivity index (χ2v) is 4.27. The van der Waals surface area contributed by atoms with Gasteiger partial charge in [-0.2, -0.15) is 0 Å². The lowest BCUT2D eigenvalue weighted by atomic mass is 10.2. The van der Waals surface area contributed by atoms with Gasteiger partial charge in [0.15, 0.2) is 0 Å². The standard InChI is InChI=1S/C13H18N2O4/c1-10-4-2-7-14-13(10)15(9-6-12(18)19)8-3-5-11(16)17/h2,4,7H,3,5-6,8-9H2,1H3,(H,16,17)(H,18,19). The lowest BCUT2D eigenvalue weighted by Crippen LogP contribution is -2.29. The van der Waals surface area contributed by atoms with Crippen LogP contribution in [0.2, 0.25) is 0 Å². The number of pyridine rings is 1. The van der Waals surface area contributed by atoms with Crippen molar-refractivity contribution >= 4 is 17.8 Å². The summed E-state index contributed by atoms with van der Waals surface area (Å²) in [5.74, 6) is -1.01. The van der Waals surface area contributed by atoms with Gasteiger partial charge < -0.3 is 15.1 Å². The van der Waals surface area contributed by atoms with E-state index in [1.165, 1.54) is 0 Å². The summed E-state index contributed by atoms with van der Waals surface area (Å²) in [6.07, 6.45) is 2.18. The fourth-order valence-electron chi connectivity index (χ4n) is 1.78. The van der Waals surface area contributed by atoms with Crippen LogP contribution in [0.3, 0.4) is 0 Å². The van der Waals surface area contributed by atoms with Gasteiger partial charge >= 0.3 is 11.9 Å². The van der Waals surface area contributed by atoms with Gasteiger partial charge in [0, 0.05) is 25.7 Å². The number of aliphatic carboxylic acids is 2. The zero-order valence-corrected chi connectivity index (χ0v) is 10.9. The molecule has 1 aromatic heterocycles. The lowest BCUT2D eigenvalue weighted by molar-refractivity contribution is -0.138. The molecule has 6 heteroatoms. The first-order chi connectivity index (χ1) is 9.00. The maximum atomic E-state index is 10.7. The predicted molar refractivity (Wildman–Crippen MR) is 70.3 cm³/mol. The first-order valence-corrected chi connectivity index (χ1v) is 6.11. The number of hydrogen-bond donors (Lipinski definition) is 2. The molecule has 0 radical (unpaired) electrons. The number of carbonyl (C=O) groups is 2. The van der Waals surface area contributed by atoms with E-state index in [-0.39, 0.29) is 12.8 Å². The summed E-state index contributed by atoms with van der Waals surface area (Å²) in [6.45, 7) is 2.71. The molecule has 1 rings (SSSR count). The Morgan fingerprint density at radius 1 is 1.21 bits per heavy atom. The van der Waals surface area contributed by atoms with E-state index >= 15 is 0 Å². The van der Waals surface area contributed by atoms with E-state index in [2.05, 4.69) is 4.98 Å². The van der Waals surface area contributed by atoms with Crippen LogP contribution in [0.5, 0.6) is 0 Å². The topological polar surface area (TPSA) is 90.7 Å². The molecule has 0 atom stereocenters. The van der Waals surface area contributed by atoms with E-state index in [1.54, 1.807) is 6.20 Å². The first-order valence-electron chi connectivity index (χ1n) is 6.11. The van der Waals surface area contributed by atoms with Gasteiger partial charge in [0.1, 0.15) is 5.82 Å². The molecule has 2 N–H and O–H groups in total. The summed E-state index contributed by atoms with van der Waals surface area (Å²) in [4.78, 5) is 27.2. The smallest absolute Gasteiger partial charge is 0.305 e. The maximum absolute atomic E-state index is 10.7. The van der Waals surface area contributed by atoms with Gasteiger partial charge in [-0.3, -0.25) is 9.59 Å². The number of aryl methyl sites for hydroxylation is 1. The molecular weight excluding hydrogens is 248 g/mol.